The van der Waals surface area contributed by atoms with Crippen molar-refractivity contribution in [2.45, 2.75) is 6.92 Å². The van der Waals surface area contributed by atoms with Crippen LogP contribution >= 0.6 is 11.3 Å². The van der Waals surface area contributed by atoms with Crippen LogP contribution in [0.3, 0.4) is 0 Å². The first-order valence-corrected chi connectivity index (χ1v) is 6.37. The van der Waals surface area contributed by atoms with Gasteiger partial charge in [-0.15, -0.1) is 10.2 Å². The molecule has 0 aliphatic carbocycles. The second kappa shape index (κ2) is 5.59. The van der Waals surface area contributed by atoms with Gasteiger partial charge in [-0.2, -0.15) is 0 Å². The highest BCUT2D eigenvalue weighted by molar-refractivity contribution is 7.18. The van der Waals surface area contributed by atoms with E-state index in [0.29, 0.717) is 5.96 Å². The average Bonchev–Trinajstić information content (AvgIpc) is 2.85. The highest BCUT2D eigenvalue weighted by Crippen LogP contribution is 2.28. The van der Waals surface area contributed by atoms with Crippen LogP contribution in [-0.2, 0) is 0 Å². The molecular formula is C12H15N5S. The number of anilines is 1. The highest BCUT2D eigenvalue weighted by Gasteiger charge is 2.09. The number of hydrogen-bond donors (Lipinski definition) is 2. The Morgan fingerprint density at radius 2 is 2.06 bits per heavy atom. The molecule has 0 radical (unpaired) electrons. The van der Waals surface area contributed by atoms with E-state index in [-0.39, 0.29) is 0 Å². The van der Waals surface area contributed by atoms with E-state index in [2.05, 4.69) is 38.8 Å². The van der Waals surface area contributed by atoms with Crippen molar-refractivity contribution in [3.05, 3.63) is 29.8 Å². The van der Waals surface area contributed by atoms with Crippen molar-refractivity contribution >= 4 is 22.4 Å². The van der Waals surface area contributed by atoms with Crippen molar-refractivity contribution in [3.8, 4) is 10.6 Å². The first-order chi connectivity index (χ1) is 8.74. The third-order valence-electron chi connectivity index (χ3n) is 2.49. The van der Waals surface area contributed by atoms with E-state index in [0.717, 1.165) is 15.7 Å². The Kier molecular flexibility index (Phi) is 3.88. The molecule has 2 aromatic rings. The number of rotatable bonds is 2. The molecule has 0 saturated heterocycles. The number of benzene rings is 1. The van der Waals surface area contributed by atoms with E-state index in [1.165, 1.54) is 16.9 Å². The highest BCUT2D eigenvalue weighted by atomic mass is 32.1. The number of nitrogens with one attached hydrogen (secondary N) is 2. The van der Waals surface area contributed by atoms with Gasteiger partial charge in [0.1, 0.15) is 5.01 Å². The zero-order chi connectivity index (χ0) is 13.0. The SMILES string of the molecule is CN=C(NC)Nc1nnc(-c2ccccc2C)s1. The maximum Gasteiger partial charge on any atom is 0.212 e. The average molecular weight is 261 g/mol. The Labute approximate surface area is 110 Å². The van der Waals surface area contributed by atoms with E-state index in [1.54, 1.807) is 14.1 Å². The number of hydrogen-bond acceptors (Lipinski definition) is 4. The summed E-state index contributed by atoms with van der Waals surface area (Å²) in [6.45, 7) is 2.07. The first kappa shape index (κ1) is 12.5. The largest absolute Gasteiger partial charge is 0.359 e. The molecule has 0 amide bonds. The third kappa shape index (κ3) is 2.65. The topological polar surface area (TPSA) is 62.2 Å². The van der Waals surface area contributed by atoms with Gasteiger partial charge in [-0.1, -0.05) is 35.6 Å². The standard InChI is InChI=1S/C12H15N5S/c1-8-6-4-5-7-9(8)10-16-17-12(18-10)15-11(13-2)14-3/h4-7H,1-3H3,(H2,13,14,15,17). The smallest absolute Gasteiger partial charge is 0.212 e. The van der Waals surface area contributed by atoms with E-state index in [9.17, 15) is 0 Å². The Balaban J connectivity index is 2.24. The van der Waals surface area contributed by atoms with E-state index in [4.69, 9.17) is 0 Å². The predicted octanol–water partition coefficient (Wildman–Crippen LogP) is 2.13. The Bertz CT molecular complexity index is 561. The van der Waals surface area contributed by atoms with Crippen LogP contribution in [0.4, 0.5) is 5.13 Å². The molecule has 0 unspecified atom stereocenters. The Morgan fingerprint density at radius 1 is 1.28 bits per heavy atom. The molecule has 1 heterocycles. The van der Waals surface area contributed by atoms with Gasteiger partial charge in [0.2, 0.25) is 5.13 Å². The summed E-state index contributed by atoms with van der Waals surface area (Å²) in [5.74, 6) is 0.669. The normalized spacial score (nSPS) is 11.4. The lowest BCUT2D eigenvalue weighted by Crippen LogP contribution is -2.26. The summed E-state index contributed by atoms with van der Waals surface area (Å²) in [5, 5.41) is 15.9. The van der Waals surface area contributed by atoms with Crippen molar-refractivity contribution in [1.29, 1.82) is 0 Å². The van der Waals surface area contributed by atoms with Crippen molar-refractivity contribution in [2.75, 3.05) is 19.4 Å². The molecular weight excluding hydrogens is 246 g/mol. The Morgan fingerprint density at radius 3 is 2.72 bits per heavy atom. The molecule has 18 heavy (non-hydrogen) atoms. The predicted molar refractivity (Wildman–Crippen MR) is 76.1 cm³/mol. The van der Waals surface area contributed by atoms with Crippen LogP contribution in [0, 0.1) is 6.92 Å². The van der Waals surface area contributed by atoms with Crippen LogP contribution < -0.4 is 10.6 Å². The molecule has 0 spiro atoms. The molecule has 0 saturated carbocycles. The molecule has 6 heteroatoms. The van der Waals surface area contributed by atoms with E-state index in [1.807, 2.05) is 18.2 Å². The summed E-state index contributed by atoms with van der Waals surface area (Å²) in [5.41, 5.74) is 2.31. The fourth-order valence-electron chi connectivity index (χ4n) is 1.53. The van der Waals surface area contributed by atoms with Crippen LogP contribution in [0.1, 0.15) is 5.56 Å². The minimum absolute atomic E-state index is 0.669. The maximum atomic E-state index is 4.19. The van der Waals surface area contributed by atoms with Crippen LogP contribution in [0.25, 0.3) is 10.6 Å². The van der Waals surface area contributed by atoms with Gasteiger partial charge in [0.15, 0.2) is 5.96 Å². The first-order valence-electron chi connectivity index (χ1n) is 5.55. The molecule has 0 bridgehead atoms. The molecule has 1 aromatic heterocycles. The molecule has 5 nitrogen and oxygen atoms in total. The van der Waals surface area contributed by atoms with Crippen molar-refractivity contribution < 1.29 is 0 Å². The van der Waals surface area contributed by atoms with Crippen molar-refractivity contribution in [1.82, 2.24) is 15.5 Å². The van der Waals surface area contributed by atoms with Gasteiger partial charge >= 0.3 is 0 Å². The monoisotopic (exact) mass is 261 g/mol. The zero-order valence-electron chi connectivity index (χ0n) is 10.6. The minimum Gasteiger partial charge on any atom is -0.359 e. The molecule has 0 aliphatic heterocycles. The van der Waals surface area contributed by atoms with Gasteiger partial charge in [0.05, 0.1) is 0 Å². The summed E-state index contributed by atoms with van der Waals surface area (Å²) < 4.78 is 0. The summed E-state index contributed by atoms with van der Waals surface area (Å²) in [4.78, 5) is 4.03. The number of aliphatic imine (C=N–C) groups is 1. The van der Waals surface area contributed by atoms with E-state index >= 15 is 0 Å². The lowest BCUT2D eigenvalue weighted by molar-refractivity contribution is 1.08. The van der Waals surface area contributed by atoms with E-state index < -0.39 is 0 Å². The van der Waals surface area contributed by atoms with Gasteiger partial charge < -0.3 is 10.6 Å². The number of nitrogens with zero attached hydrogens (tertiary/aromatic N) is 3. The van der Waals surface area contributed by atoms with Gasteiger partial charge in [0, 0.05) is 19.7 Å². The number of aryl methyl sites for hydroxylation is 1. The second-order valence-electron chi connectivity index (χ2n) is 3.67. The molecule has 0 atom stereocenters. The van der Waals surface area contributed by atoms with Crippen molar-refractivity contribution in [2.24, 2.45) is 4.99 Å². The molecule has 94 valence electrons. The molecule has 2 N–H and O–H groups in total. The van der Waals surface area contributed by atoms with Gasteiger partial charge in [-0.05, 0) is 12.5 Å². The molecule has 0 fully saturated rings. The summed E-state index contributed by atoms with van der Waals surface area (Å²) in [6.07, 6.45) is 0. The van der Waals surface area contributed by atoms with Gasteiger partial charge in [-0.3, -0.25) is 4.99 Å². The quantitative estimate of drug-likeness (QED) is 0.642. The summed E-state index contributed by atoms with van der Waals surface area (Å²) in [6, 6.07) is 8.13. The van der Waals surface area contributed by atoms with Gasteiger partial charge in [-0.25, -0.2) is 0 Å². The molecule has 1 aromatic carbocycles. The van der Waals surface area contributed by atoms with Crippen LogP contribution in [-0.4, -0.2) is 30.3 Å². The second-order valence-corrected chi connectivity index (χ2v) is 4.65. The zero-order valence-corrected chi connectivity index (χ0v) is 11.4. The summed E-state index contributed by atoms with van der Waals surface area (Å²) >= 11 is 1.51. The van der Waals surface area contributed by atoms with Crippen molar-refractivity contribution in [3.63, 3.8) is 0 Å². The fourth-order valence-corrected chi connectivity index (χ4v) is 2.36. The Hall–Kier alpha value is -1.95. The number of aromatic nitrogens is 2. The van der Waals surface area contributed by atoms with Crippen LogP contribution in [0.15, 0.2) is 29.3 Å². The lowest BCUT2D eigenvalue weighted by atomic mass is 10.1. The maximum absolute atomic E-state index is 4.19. The fraction of sp³-hybridized carbons (Fsp3) is 0.250. The molecule has 0 aliphatic rings. The number of guanidine groups is 1. The van der Waals surface area contributed by atoms with Gasteiger partial charge in [0.25, 0.3) is 0 Å². The van der Waals surface area contributed by atoms with Crippen LogP contribution in [0.2, 0.25) is 0 Å². The minimum atomic E-state index is 0.669. The molecule has 2 rings (SSSR count). The summed E-state index contributed by atoms with van der Waals surface area (Å²) in [7, 11) is 3.51. The third-order valence-corrected chi connectivity index (χ3v) is 3.36. The lowest BCUT2D eigenvalue weighted by Gasteiger charge is -2.03. The van der Waals surface area contributed by atoms with Crippen LogP contribution in [0.5, 0.6) is 0 Å².